The molecule has 0 amide bonds. The van der Waals surface area contributed by atoms with Gasteiger partial charge in [0.2, 0.25) is 0 Å². The molecule has 26 heavy (non-hydrogen) atoms. The minimum atomic E-state index is -4.35. The molecule has 0 radical (unpaired) electrons. The van der Waals surface area contributed by atoms with Crippen molar-refractivity contribution in [3.63, 3.8) is 0 Å². The quantitative estimate of drug-likeness (QED) is 0.561. The van der Waals surface area contributed by atoms with Gasteiger partial charge in [-0.2, -0.15) is 8.78 Å². The summed E-state index contributed by atoms with van der Waals surface area (Å²) in [6, 6.07) is 6.14. The molecule has 0 fully saturated rings. The van der Waals surface area contributed by atoms with Crippen LogP contribution in [0.3, 0.4) is 0 Å². The smallest absolute Gasteiger partial charge is 0.432 e. The van der Waals surface area contributed by atoms with Gasteiger partial charge in [-0.3, -0.25) is 0 Å². The maximum atomic E-state index is 14.3. The van der Waals surface area contributed by atoms with Crippen LogP contribution in [0.25, 0.3) is 10.8 Å². The highest BCUT2D eigenvalue weighted by Crippen LogP contribution is 2.37. The van der Waals surface area contributed by atoms with E-state index in [1.54, 1.807) is 0 Å². The van der Waals surface area contributed by atoms with Crippen LogP contribution in [0.15, 0.2) is 42.5 Å². The largest absolute Gasteiger partial charge is 0.497 e. The van der Waals surface area contributed by atoms with Gasteiger partial charge in [-0.15, -0.1) is 0 Å². The zero-order valence-corrected chi connectivity index (χ0v) is 13.1. The molecule has 8 heteroatoms. The first-order valence-electron chi connectivity index (χ1n) is 7.21. The molecule has 0 spiro atoms. The van der Waals surface area contributed by atoms with E-state index >= 15 is 0 Å². The molecule has 0 bridgehead atoms. The summed E-state index contributed by atoms with van der Waals surface area (Å²) in [5.74, 6) is -6.11. The Morgan fingerprint density at radius 1 is 0.769 bits per heavy atom. The summed E-state index contributed by atoms with van der Waals surface area (Å²) in [7, 11) is 1.12. The Hall–Kier alpha value is -2.90. The molecule has 0 saturated heterocycles. The number of fused-ring (bicyclic) bond motifs is 1. The van der Waals surface area contributed by atoms with Crippen molar-refractivity contribution in [1.29, 1.82) is 0 Å². The van der Waals surface area contributed by atoms with Gasteiger partial charge in [0.1, 0.15) is 28.7 Å². The van der Waals surface area contributed by atoms with Crippen LogP contribution in [0, 0.1) is 23.3 Å². The third-order valence-corrected chi connectivity index (χ3v) is 3.67. The van der Waals surface area contributed by atoms with Crippen LogP contribution in [0.2, 0.25) is 0 Å². The molecular weight excluding hydrogens is 362 g/mol. The summed E-state index contributed by atoms with van der Waals surface area (Å²) < 4.78 is 92.1. The van der Waals surface area contributed by atoms with Crippen molar-refractivity contribution in [3.8, 4) is 11.5 Å². The summed E-state index contributed by atoms with van der Waals surface area (Å²) in [5.41, 5.74) is -1.59. The fourth-order valence-electron chi connectivity index (χ4n) is 2.45. The van der Waals surface area contributed by atoms with E-state index in [1.807, 2.05) is 0 Å². The Labute approximate surface area is 143 Å². The maximum Gasteiger partial charge on any atom is 0.432 e. The molecule has 0 unspecified atom stereocenters. The number of ether oxygens (including phenoxy) is 2. The van der Waals surface area contributed by atoms with Gasteiger partial charge < -0.3 is 9.47 Å². The van der Waals surface area contributed by atoms with Crippen molar-refractivity contribution in [3.05, 3.63) is 71.3 Å². The molecule has 136 valence electrons. The van der Waals surface area contributed by atoms with Gasteiger partial charge in [-0.1, -0.05) is 6.07 Å². The summed E-state index contributed by atoms with van der Waals surface area (Å²) in [6.07, 6.45) is -4.35. The first kappa shape index (κ1) is 17.9. The van der Waals surface area contributed by atoms with Gasteiger partial charge in [0.15, 0.2) is 11.6 Å². The van der Waals surface area contributed by atoms with Gasteiger partial charge in [0.05, 0.1) is 7.11 Å². The highest BCUT2D eigenvalue weighted by Gasteiger charge is 2.41. The van der Waals surface area contributed by atoms with Crippen LogP contribution in [0.1, 0.15) is 5.56 Å². The summed E-state index contributed by atoms with van der Waals surface area (Å²) in [6.45, 7) is 0. The van der Waals surface area contributed by atoms with Gasteiger partial charge in [0.25, 0.3) is 0 Å². The normalized spacial score (nSPS) is 11.7. The van der Waals surface area contributed by atoms with Crippen molar-refractivity contribution in [2.75, 3.05) is 7.11 Å². The number of hydrogen-bond acceptors (Lipinski definition) is 2. The van der Waals surface area contributed by atoms with Gasteiger partial charge in [0, 0.05) is 17.5 Å². The minimum absolute atomic E-state index is 0.0767. The second-order valence-electron chi connectivity index (χ2n) is 5.33. The minimum Gasteiger partial charge on any atom is -0.497 e. The van der Waals surface area contributed by atoms with E-state index in [-0.39, 0.29) is 16.5 Å². The molecule has 2 nitrogen and oxygen atoms in total. The molecule has 0 aliphatic heterocycles. The molecule has 0 aromatic heterocycles. The lowest BCUT2D eigenvalue weighted by molar-refractivity contribution is -0.189. The molecule has 0 aliphatic carbocycles. The van der Waals surface area contributed by atoms with Crippen molar-refractivity contribution in [2.24, 2.45) is 0 Å². The average molecular weight is 372 g/mol. The molecule has 0 N–H and O–H groups in total. The first-order chi connectivity index (χ1) is 12.2. The first-order valence-corrected chi connectivity index (χ1v) is 7.21. The Balaban J connectivity index is 2.00. The number of alkyl halides is 2. The predicted molar refractivity (Wildman–Crippen MR) is 81.3 cm³/mol. The Bertz CT molecular complexity index is 964. The lowest BCUT2D eigenvalue weighted by atomic mass is 10.1. The van der Waals surface area contributed by atoms with Crippen molar-refractivity contribution in [2.45, 2.75) is 6.11 Å². The second kappa shape index (κ2) is 6.44. The molecule has 0 heterocycles. The van der Waals surface area contributed by atoms with E-state index in [1.165, 1.54) is 0 Å². The van der Waals surface area contributed by atoms with E-state index in [0.29, 0.717) is 12.1 Å². The van der Waals surface area contributed by atoms with E-state index in [0.717, 1.165) is 37.4 Å². The SMILES string of the molecule is COc1cc(F)c(C(F)(F)Oc2ccc3c(F)c(F)ccc3c2)c(F)c1. The average Bonchev–Trinajstić information content (AvgIpc) is 2.57. The number of rotatable bonds is 4. The fraction of sp³-hybridized carbons (Fsp3) is 0.111. The highest BCUT2D eigenvalue weighted by atomic mass is 19.3. The molecule has 3 rings (SSSR count). The van der Waals surface area contributed by atoms with E-state index in [9.17, 15) is 26.3 Å². The summed E-state index contributed by atoms with van der Waals surface area (Å²) in [4.78, 5) is 0. The number of methoxy groups -OCH3 is 1. The van der Waals surface area contributed by atoms with E-state index in [4.69, 9.17) is 0 Å². The Morgan fingerprint density at radius 2 is 1.42 bits per heavy atom. The van der Waals surface area contributed by atoms with Gasteiger partial charge in [-0.25, -0.2) is 17.6 Å². The van der Waals surface area contributed by atoms with Crippen LogP contribution >= 0.6 is 0 Å². The number of hydrogen-bond donors (Lipinski definition) is 0. The topological polar surface area (TPSA) is 18.5 Å². The van der Waals surface area contributed by atoms with Crippen molar-refractivity contribution >= 4 is 10.8 Å². The van der Waals surface area contributed by atoms with Crippen LogP contribution < -0.4 is 9.47 Å². The predicted octanol–water partition coefficient (Wildman–Crippen LogP) is 5.53. The Morgan fingerprint density at radius 3 is 2.04 bits per heavy atom. The van der Waals surface area contributed by atoms with Gasteiger partial charge in [-0.05, 0) is 29.7 Å². The molecule has 3 aromatic carbocycles. The standard InChI is InChI=1S/C18H10F6O2/c1-25-11-7-14(20)16(15(21)8-11)18(23,24)26-10-3-4-12-9(6-10)2-5-13(19)17(12)22/h2-8H,1H3. The number of benzene rings is 3. The maximum absolute atomic E-state index is 14.3. The lowest BCUT2D eigenvalue weighted by Crippen LogP contribution is -2.25. The molecular formula is C18H10F6O2. The summed E-state index contributed by atoms with van der Waals surface area (Å²) in [5, 5.41) is -0.0738. The molecule has 0 saturated carbocycles. The van der Waals surface area contributed by atoms with E-state index in [2.05, 4.69) is 9.47 Å². The zero-order valence-electron chi connectivity index (χ0n) is 13.1. The summed E-state index contributed by atoms with van der Waals surface area (Å²) >= 11 is 0. The molecule has 3 aromatic rings. The third-order valence-electron chi connectivity index (χ3n) is 3.67. The Kier molecular flexibility index (Phi) is 4.43. The molecule has 0 atom stereocenters. The van der Waals surface area contributed by atoms with Crippen molar-refractivity contribution < 1.29 is 35.8 Å². The highest BCUT2D eigenvalue weighted by molar-refractivity contribution is 5.84. The lowest BCUT2D eigenvalue weighted by Gasteiger charge is -2.20. The van der Waals surface area contributed by atoms with Crippen LogP contribution in [-0.4, -0.2) is 7.11 Å². The number of halogens is 6. The van der Waals surface area contributed by atoms with Crippen LogP contribution in [-0.2, 0) is 6.11 Å². The molecule has 0 aliphatic rings. The second-order valence-corrected chi connectivity index (χ2v) is 5.33. The fourth-order valence-corrected chi connectivity index (χ4v) is 2.45. The van der Waals surface area contributed by atoms with Crippen LogP contribution in [0.4, 0.5) is 26.3 Å². The monoisotopic (exact) mass is 372 g/mol. The van der Waals surface area contributed by atoms with E-state index < -0.39 is 40.7 Å². The third kappa shape index (κ3) is 3.14. The van der Waals surface area contributed by atoms with Crippen molar-refractivity contribution in [1.82, 2.24) is 0 Å². The zero-order chi connectivity index (χ0) is 19.1. The van der Waals surface area contributed by atoms with Crippen LogP contribution in [0.5, 0.6) is 11.5 Å². The van der Waals surface area contributed by atoms with Gasteiger partial charge >= 0.3 is 6.11 Å².